The smallest absolute Gasteiger partial charge is 0.342 e. The average Bonchev–Trinajstić information content (AvgIpc) is 2.79. The van der Waals surface area contributed by atoms with Gasteiger partial charge in [-0.2, -0.15) is 4.31 Å². The van der Waals surface area contributed by atoms with Crippen LogP contribution in [0.5, 0.6) is 11.5 Å². The van der Waals surface area contributed by atoms with Crippen molar-refractivity contribution in [2.45, 2.75) is 4.90 Å². The molecule has 2 N–H and O–H groups in total. The Kier molecular flexibility index (Phi) is 7.72. The fraction of sp³-hybridized carbons (Fsp3) is 0.300. The van der Waals surface area contributed by atoms with E-state index in [4.69, 9.17) is 14.2 Å². The van der Waals surface area contributed by atoms with E-state index in [1.165, 1.54) is 41.7 Å². The molecule has 2 aromatic carbocycles. The number of amides is 1. The summed E-state index contributed by atoms with van der Waals surface area (Å²) in [6.45, 7) is 0.410. The Bertz CT molecular complexity index is 1120. The number of phenols is 1. The Hall–Kier alpha value is -2.67. The zero-order chi connectivity index (χ0) is 23.3. The van der Waals surface area contributed by atoms with Crippen LogP contribution < -0.4 is 10.1 Å². The number of hydrogen-bond acceptors (Lipinski definition) is 8. The zero-order valence-corrected chi connectivity index (χ0v) is 19.4. The van der Waals surface area contributed by atoms with Gasteiger partial charge in [0.15, 0.2) is 6.61 Å². The Morgan fingerprint density at radius 1 is 1.19 bits per heavy atom. The molecule has 172 valence electrons. The first-order valence-corrected chi connectivity index (χ1v) is 11.7. The van der Waals surface area contributed by atoms with Gasteiger partial charge >= 0.3 is 5.97 Å². The van der Waals surface area contributed by atoms with E-state index in [-0.39, 0.29) is 40.7 Å². The molecule has 1 aliphatic heterocycles. The number of carbonyl (C=O) groups excluding carboxylic acids is 2. The molecule has 0 radical (unpaired) electrons. The van der Waals surface area contributed by atoms with E-state index in [0.29, 0.717) is 17.7 Å². The largest absolute Gasteiger partial charge is 0.507 e. The van der Waals surface area contributed by atoms with Crippen LogP contribution in [0.25, 0.3) is 0 Å². The normalized spacial score (nSPS) is 14.6. The zero-order valence-electron chi connectivity index (χ0n) is 17.0. The maximum atomic E-state index is 12.9. The van der Waals surface area contributed by atoms with Crippen molar-refractivity contribution in [3.05, 3.63) is 46.4 Å². The van der Waals surface area contributed by atoms with Crippen LogP contribution in [0.1, 0.15) is 10.4 Å². The summed E-state index contributed by atoms with van der Waals surface area (Å²) in [7, 11) is -2.41. The Labute approximate surface area is 193 Å². The van der Waals surface area contributed by atoms with Gasteiger partial charge in [0.25, 0.3) is 5.91 Å². The number of phenolic OH excluding ortho intramolecular Hbond substituents is 1. The molecule has 0 saturated carbocycles. The third-order valence-corrected chi connectivity index (χ3v) is 6.95. The van der Waals surface area contributed by atoms with Gasteiger partial charge in [0.2, 0.25) is 10.0 Å². The Balaban J connectivity index is 1.71. The molecule has 0 bridgehead atoms. The lowest BCUT2D eigenvalue weighted by atomic mass is 10.2. The molecule has 0 aromatic heterocycles. The number of carbonyl (C=O) groups is 2. The summed E-state index contributed by atoms with van der Waals surface area (Å²) < 4.78 is 42.9. The van der Waals surface area contributed by atoms with Gasteiger partial charge in [-0.15, -0.1) is 0 Å². The summed E-state index contributed by atoms with van der Waals surface area (Å²) in [5.74, 6) is -1.67. The van der Waals surface area contributed by atoms with Crippen molar-refractivity contribution in [3.63, 3.8) is 0 Å². The van der Waals surface area contributed by atoms with Gasteiger partial charge < -0.3 is 24.6 Å². The van der Waals surface area contributed by atoms with Gasteiger partial charge in [-0.25, -0.2) is 13.2 Å². The van der Waals surface area contributed by atoms with Gasteiger partial charge in [0, 0.05) is 17.6 Å². The van der Waals surface area contributed by atoms with E-state index in [9.17, 15) is 23.1 Å². The molecular weight excluding hydrogens is 508 g/mol. The summed E-state index contributed by atoms with van der Waals surface area (Å²) >= 11 is 3.18. The second-order valence-corrected chi connectivity index (χ2v) is 9.52. The van der Waals surface area contributed by atoms with Gasteiger partial charge in [0.1, 0.15) is 17.1 Å². The molecule has 1 saturated heterocycles. The second kappa shape index (κ2) is 10.3. The number of methoxy groups -OCH3 is 1. The quantitative estimate of drug-likeness (QED) is 0.521. The minimum atomic E-state index is -3.79. The van der Waals surface area contributed by atoms with Crippen molar-refractivity contribution in [2.24, 2.45) is 0 Å². The predicted molar refractivity (Wildman–Crippen MR) is 117 cm³/mol. The third-order valence-electron chi connectivity index (χ3n) is 4.57. The fourth-order valence-electron chi connectivity index (χ4n) is 2.95. The molecule has 0 aliphatic carbocycles. The molecule has 3 rings (SSSR count). The highest BCUT2D eigenvalue weighted by Gasteiger charge is 2.27. The van der Waals surface area contributed by atoms with Crippen LogP contribution in [0.4, 0.5) is 5.69 Å². The number of rotatable bonds is 7. The summed E-state index contributed by atoms with van der Waals surface area (Å²) in [6.07, 6.45) is 0. The van der Waals surface area contributed by atoms with Gasteiger partial charge in [-0.1, -0.05) is 15.9 Å². The number of morpholine rings is 1. The van der Waals surface area contributed by atoms with Gasteiger partial charge in [0.05, 0.1) is 30.9 Å². The lowest BCUT2D eigenvalue weighted by molar-refractivity contribution is -0.119. The number of hydrogen-bond donors (Lipinski definition) is 2. The summed E-state index contributed by atoms with van der Waals surface area (Å²) in [5.41, 5.74) is -0.00320. The molecule has 1 fully saturated rings. The summed E-state index contributed by atoms with van der Waals surface area (Å²) in [4.78, 5) is 24.5. The number of aromatic hydroxyl groups is 1. The molecule has 1 amide bonds. The molecule has 0 unspecified atom stereocenters. The van der Waals surface area contributed by atoms with E-state index in [1.54, 1.807) is 6.07 Å². The number of nitrogens with one attached hydrogen (secondary N) is 1. The first-order valence-electron chi connectivity index (χ1n) is 9.44. The first kappa shape index (κ1) is 24.0. The highest BCUT2D eigenvalue weighted by molar-refractivity contribution is 9.10. The highest BCUT2D eigenvalue weighted by atomic mass is 79.9. The maximum Gasteiger partial charge on any atom is 0.342 e. The lowest BCUT2D eigenvalue weighted by Gasteiger charge is -2.26. The number of benzene rings is 2. The summed E-state index contributed by atoms with van der Waals surface area (Å²) in [5, 5.41) is 12.3. The molecule has 2 aromatic rings. The Morgan fingerprint density at radius 3 is 2.59 bits per heavy atom. The maximum absolute atomic E-state index is 12.9. The van der Waals surface area contributed by atoms with Crippen molar-refractivity contribution in [1.82, 2.24) is 4.31 Å². The van der Waals surface area contributed by atoms with E-state index >= 15 is 0 Å². The average molecular weight is 529 g/mol. The van der Waals surface area contributed by atoms with Crippen LogP contribution in [-0.2, 0) is 24.3 Å². The van der Waals surface area contributed by atoms with Crippen molar-refractivity contribution < 1.29 is 37.3 Å². The molecule has 0 spiro atoms. The molecule has 1 aliphatic rings. The van der Waals surface area contributed by atoms with E-state index < -0.39 is 28.5 Å². The molecular formula is C20H21BrN2O8S. The van der Waals surface area contributed by atoms with E-state index in [2.05, 4.69) is 21.2 Å². The molecule has 0 atom stereocenters. The number of sulfonamides is 1. The standard InChI is InChI=1S/C20H21BrN2O8S/c1-29-18-5-3-14(32(27,28)23-6-8-30-9-7-23)11-16(18)22-19(25)12-31-20(26)15-10-13(21)2-4-17(15)24/h2-5,10-11,24H,6-9,12H2,1H3,(H,22,25). The van der Waals surface area contributed by atoms with E-state index in [0.717, 1.165) is 0 Å². The number of esters is 1. The topological polar surface area (TPSA) is 131 Å². The fourth-order valence-corrected chi connectivity index (χ4v) is 4.74. The monoisotopic (exact) mass is 528 g/mol. The van der Waals surface area contributed by atoms with Crippen LogP contribution in [-0.4, -0.2) is 69.7 Å². The van der Waals surface area contributed by atoms with Crippen molar-refractivity contribution in [3.8, 4) is 11.5 Å². The lowest BCUT2D eigenvalue weighted by Crippen LogP contribution is -2.40. The van der Waals surface area contributed by atoms with E-state index in [1.807, 2.05) is 0 Å². The van der Waals surface area contributed by atoms with Gasteiger partial charge in [-0.05, 0) is 36.4 Å². The molecule has 1 heterocycles. The molecule has 12 heteroatoms. The minimum Gasteiger partial charge on any atom is -0.507 e. The number of nitrogens with zero attached hydrogens (tertiary/aromatic N) is 1. The first-order chi connectivity index (χ1) is 15.2. The van der Waals surface area contributed by atoms with Crippen LogP contribution in [0.2, 0.25) is 0 Å². The van der Waals surface area contributed by atoms with Crippen LogP contribution in [0.3, 0.4) is 0 Å². The van der Waals surface area contributed by atoms with Crippen LogP contribution >= 0.6 is 15.9 Å². The van der Waals surface area contributed by atoms with Crippen molar-refractivity contribution in [1.29, 1.82) is 0 Å². The van der Waals surface area contributed by atoms with Crippen molar-refractivity contribution in [2.75, 3.05) is 45.3 Å². The highest BCUT2D eigenvalue weighted by Crippen LogP contribution is 2.29. The predicted octanol–water partition coefficient (Wildman–Crippen LogP) is 1.98. The second-order valence-electron chi connectivity index (χ2n) is 6.66. The van der Waals surface area contributed by atoms with Crippen LogP contribution in [0, 0.1) is 0 Å². The molecule has 10 nitrogen and oxygen atoms in total. The number of halogens is 1. The molecule has 32 heavy (non-hydrogen) atoms. The van der Waals surface area contributed by atoms with Crippen molar-refractivity contribution >= 4 is 43.5 Å². The minimum absolute atomic E-state index is 0.0217. The summed E-state index contributed by atoms with van der Waals surface area (Å²) in [6, 6.07) is 8.31. The SMILES string of the molecule is COc1ccc(S(=O)(=O)N2CCOCC2)cc1NC(=O)COC(=O)c1cc(Br)ccc1O. The number of anilines is 1. The third kappa shape index (κ3) is 5.57. The Morgan fingerprint density at radius 2 is 1.91 bits per heavy atom. The number of ether oxygens (including phenoxy) is 3. The van der Waals surface area contributed by atoms with Crippen LogP contribution in [0.15, 0.2) is 45.8 Å². The van der Waals surface area contributed by atoms with Gasteiger partial charge in [-0.3, -0.25) is 4.79 Å².